The van der Waals surface area contributed by atoms with Gasteiger partial charge in [0.25, 0.3) is 0 Å². The third kappa shape index (κ3) is 12.4. The molecule has 0 bridgehead atoms. The average molecular weight is 397 g/mol. The number of hydrogen-bond acceptors (Lipinski definition) is 1. The molecule has 0 aromatic carbocycles. The van der Waals surface area contributed by atoms with Crippen molar-refractivity contribution >= 4 is 8.32 Å². The lowest BCUT2D eigenvalue weighted by atomic mass is 10.0. The van der Waals surface area contributed by atoms with Crippen LogP contribution in [0.4, 0.5) is 0 Å². The Hall–Kier alpha value is 0.177. The van der Waals surface area contributed by atoms with Gasteiger partial charge in [0.1, 0.15) is 0 Å². The van der Waals surface area contributed by atoms with E-state index in [1.54, 1.807) is 0 Å². The van der Waals surface area contributed by atoms with Crippen LogP contribution in [-0.4, -0.2) is 14.4 Å². The van der Waals surface area contributed by atoms with Crippen LogP contribution in [0.2, 0.25) is 18.1 Å². The molecule has 0 N–H and O–H groups in total. The van der Waals surface area contributed by atoms with Crippen LogP contribution in [0.15, 0.2) is 0 Å². The lowest BCUT2D eigenvalue weighted by molar-refractivity contribution is 0.170. The van der Waals surface area contributed by atoms with Crippen molar-refractivity contribution in [2.75, 3.05) is 0 Å². The Morgan fingerprint density at radius 2 is 1.22 bits per heavy atom. The van der Waals surface area contributed by atoms with Gasteiger partial charge in [0.2, 0.25) is 0 Å². The van der Waals surface area contributed by atoms with Crippen molar-refractivity contribution in [2.45, 2.75) is 161 Å². The monoisotopic (exact) mass is 396 g/mol. The first-order valence-electron chi connectivity index (χ1n) is 12.8. The summed E-state index contributed by atoms with van der Waals surface area (Å²) in [4.78, 5) is 0. The summed E-state index contributed by atoms with van der Waals surface area (Å²) in [6.45, 7) is 9.56. The summed E-state index contributed by atoms with van der Waals surface area (Å²) in [7, 11) is -1.41. The van der Waals surface area contributed by atoms with E-state index in [-0.39, 0.29) is 0 Å². The molecule has 1 aliphatic rings. The van der Waals surface area contributed by atoms with E-state index in [1.165, 1.54) is 122 Å². The fourth-order valence-electron chi connectivity index (χ4n) is 4.81. The van der Waals surface area contributed by atoms with Crippen molar-refractivity contribution in [3.63, 3.8) is 0 Å². The molecular weight excluding hydrogens is 344 g/mol. The van der Waals surface area contributed by atoms with Crippen LogP contribution in [0.5, 0.6) is 0 Å². The van der Waals surface area contributed by atoms with E-state index in [2.05, 4.69) is 27.3 Å². The molecule has 1 aliphatic heterocycles. The fourth-order valence-corrected chi connectivity index (χ4v) is 8.41. The summed E-state index contributed by atoms with van der Waals surface area (Å²) in [5.41, 5.74) is 0.849. The Bertz CT molecular complexity index is 332. The van der Waals surface area contributed by atoms with E-state index >= 15 is 0 Å². The van der Waals surface area contributed by atoms with Gasteiger partial charge < -0.3 is 4.43 Å². The third-order valence-corrected chi connectivity index (χ3v) is 11.7. The molecule has 2 heteroatoms. The molecule has 27 heavy (non-hydrogen) atoms. The number of hydrogen-bond donors (Lipinski definition) is 0. The standard InChI is InChI=1S/C25H52OSi/c1-5-6-7-8-9-10-11-12-13-14-15-16-17-18-19-22-25(3)27(4)23-20-21-24(2)26-27/h24-25H,5-23H2,1-4H3. The SMILES string of the molecule is CCCCCCCCCCCCCCCCCC(C)[Si]1(C)CCCC(C)O1. The van der Waals surface area contributed by atoms with Gasteiger partial charge in [-0.1, -0.05) is 123 Å². The van der Waals surface area contributed by atoms with Gasteiger partial charge in [0.15, 0.2) is 8.32 Å². The van der Waals surface area contributed by atoms with E-state index in [0.717, 1.165) is 5.54 Å². The maximum absolute atomic E-state index is 6.45. The second-order valence-corrected chi connectivity index (χ2v) is 14.1. The molecule has 1 saturated heterocycles. The summed E-state index contributed by atoms with van der Waals surface area (Å²) in [6.07, 6.45) is 26.5. The Balaban J connectivity index is 1.84. The van der Waals surface area contributed by atoms with Crippen molar-refractivity contribution in [3.8, 4) is 0 Å². The van der Waals surface area contributed by atoms with E-state index in [0.29, 0.717) is 6.10 Å². The fraction of sp³-hybridized carbons (Fsp3) is 1.00. The smallest absolute Gasteiger partial charge is 0.192 e. The number of unbranched alkanes of at least 4 members (excludes halogenated alkanes) is 14. The topological polar surface area (TPSA) is 9.23 Å². The summed E-state index contributed by atoms with van der Waals surface area (Å²) in [5, 5.41) is 0. The highest BCUT2D eigenvalue weighted by Gasteiger charge is 2.38. The van der Waals surface area contributed by atoms with Gasteiger partial charge in [-0.15, -0.1) is 0 Å². The Labute approximate surface area is 173 Å². The predicted molar refractivity (Wildman–Crippen MR) is 125 cm³/mol. The molecule has 0 aromatic rings. The van der Waals surface area contributed by atoms with Gasteiger partial charge in [0.05, 0.1) is 0 Å². The summed E-state index contributed by atoms with van der Waals surface area (Å²) < 4.78 is 6.45. The van der Waals surface area contributed by atoms with Crippen LogP contribution >= 0.6 is 0 Å². The van der Waals surface area contributed by atoms with Gasteiger partial charge in [-0.05, 0) is 31.5 Å². The molecule has 0 spiro atoms. The molecule has 0 saturated carbocycles. The first kappa shape index (κ1) is 25.2. The zero-order valence-corrected chi connectivity index (χ0v) is 20.5. The van der Waals surface area contributed by atoms with Crippen molar-refractivity contribution in [2.24, 2.45) is 0 Å². The predicted octanol–water partition coefficient (Wildman–Crippen LogP) is 9.41. The average Bonchev–Trinajstić information content (AvgIpc) is 2.64. The molecule has 0 radical (unpaired) electrons. The van der Waals surface area contributed by atoms with E-state index in [1.807, 2.05) is 0 Å². The van der Waals surface area contributed by atoms with Crippen molar-refractivity contribution in [3.05, 3.63) is 0 Å². The van der Waals surface area contributed by atoms with E-state index < -0.39 is 8.32 Å². The third-order valence-electron chi connectivity index (χ3n) is 7.04. The van der Waals surface area contributed by atoms with E-state index in [9.17, 15) is 0 Å². The van der Waals surface area contributed by atoms with Gasteiger partial charge in [0, 0.05) is 6.10 Å². The van der Waals surface area contributed by atoms with E-state index in [4.69, 9.17) is 4.43 Å². The minimum Gasteiger partial charge on any atom is -0.414 e. The molecule has 1 rings (SSSR count). The highest BCUT2D eigenvalue weighted by atomic mass is 28.4. The van der Waals surface area contributed by atoms with Gasteiger partial charge >= 0.3 is 0 Å². The van der Waals surface area contributed by atoms with Crippen molar-refractivity contribution in [1.82, 2.24) is 0 Å². The normalized spacial score (nSPS) is 24.2. The summed E-state index contributed by atoms with van der Waals surface area (Å²) in [5.74, 6) is 0. The molecule has 162 valence electrons. The lowest BCUT2D eigenvalue weighted by Gasteiger charge is -2.40. The molecular formula is C25H52OSi. The largest absolute Gasteiger partial charge is 0.414 e. The van der Waals surface area contributed by atoms with Crippen LogP contribution in [0.3, 0.4) is 0 Å². The lowest BCUT2D eigenvalue weighted by Crippen LogP contribution is -2.44. The molecule has 1 heterocycles. The first-order chi connectivity index (χ1) is 13.1. The maximum Gasteiger partial charge on any atom is 0.192 e. The molecule has 0 amide bonds. The Kier molecular flexibility index (Phi) is 15.0. The maximum atomic E-state index is 6.45. The quantitative estimate of drug-likeness (QED) is 0.176. The van der Waals surface area contributed by atoms with Crippen molar-refractivity contribution < 1.29 is 4.43 Å². The zero-order valence-electron chi connectivity index (χ0n) is 19.5. The minimum atomic E-state index is -1.41. The highest BCUT2D eigenvalue weighted by Crippen LogP contribution is 2.37. The summed E-state index contributed by atoms with van der Waals surface area (Å²) >= 11 is 0. The molecule has 3 unspecified atom stereocenters. The molecule has 0 aromatic heterocycles. The highest BCUT2D eigenvalue weighted by molar-refractivity contribution is 6.74. The van der Waals surface area contributed by atoms with Gasteiger partial charge in [-0.2, -0.15) is 0 Å². The van der Waals surface area contributed by atoms with Crippen molar-refractivity contribution in [1.29, 1.82) is 0 Å². The second kappa shape index (κ2) is 16.0. The van der Waals surface area contributed by atoms with Crippen LogP contribution in [0.1, 0.15) is 136 Å². The second-order valence-electron chi connectivity index (χ2n) is 9.77. The minimum absolute atomic E-state index is 0.527. The molecule has 1 fully saturated rings. The van der Waals surface area contributed by atoms with Crippen LogP contribution in [-0.2, 0) is 4.43 Å². The van der Waals surface area contributed by atoms with Crippen LogP contribution in [0.25, 0.3) is 0 Å². The first-order valence-corrected chi connectivity index (χ1v) is 15.5. The molecule has 3 atom stereocenters. The molecule has 0 aliphatic carbocycles. The Morgan fingerprint density at radius 1 is 0.778 bits per heavy atom. The molecule has 1 nitrogen and oxygen atoms in total. The number of rotatable bonds is 17. The van der Waals surface area contributed by atoms with Crippen LogP contribution < -0.4 is 0 Å². The summed E-state index contributed by atoms with van der Waals surface area (Å²) in [6, 6.07) is 1.40. The van der Waals surface area contributed by atoms with Gasteiger partial charge in [-0.25, -0.2) is 0 Å². The van der Waals surface area contributed by atoms with Gasteiger partial charge in [-0.3, -0.25) is 0 Å². The van der Waals surface area contributed by atoms with Crippen LogP contribution in [0, 0.1) is 0 Å². The Morgan fingerprint density at radius 3 is 1.67 bits per heavy atom. The zero-order chi connectivity index (χ0) is 19.8.